The lowest BCUT2D eigenvalue weighted by Crippen LogP contribution is -2.37. The predicted molar refractivity (Wildman–Crippen MR) is 153 cm³/mol. The number of carbonyl (C=O) groups is 1. The first-order valence-corrected chi connectivity index (χ1v) is 14.1. The van der Waals surface area contributed by atoms with Gasteiger partial charge in [0, 0.05) is 31.0 Å². The van der Waals surface area contributed by atoms with E-state index in [1.807, 2.05) is 11.6 Å². The number of fused-ring (bicyclic) bond motifs is 2. The first-order valence-electron chi connectivity index (χ1n) is 14.1. The van der Waals surface area contributed by atoms with Crippen molar-refractivity contribution in [3.8, 4) is 0 Å². The van der Waals surface area contributed by atoms with Crippen LogP contribution in [-0.2, 0) is 24.2 Å². The summed E-state index contributed by atoms with van der Waals surface area (Å²) in [4.78, 5) is 27.7. The van der Waals surface area contributed by atoms with E-state index in [2.05, 4.69) is 65.9 Å². The van der Waals surface area contributed by atoms with Crippen LogP contribution in [0.4, 0.5) is 11.6 Å². The number of H-pyrrole nitrogens is 1. The van der Waals surface area contributed by atoms with Gasteiger partial charge in [0.1, 0.15) is 29.2 Å². The Morgan fingerprint density at radius 2 is 2.10 bits per heavy atom. The van der Waals surface area contributed by atoms with Crippen LogP contribution in [0, 0.1) is 13.8 Å². The number of aryl methyl sites for hydroxylation is 4. The average molecular weight is 547 g/mol. The van der Waals surface area contributed by atoms with Crippen LogP contribution < -0.4 is 10.6 Å². The van der Waals surface area contributed by atoms with Gasteiger partial charge < -0.3 is 20.6 Å². The van der Waals surface area contributed by atoms with Crippen LogP contribution in [0.5, 0.6) is 0 Å². The van der Waals surface area contributed by atoms with Gasteiger partial charge in [-0.05, 0) is 76.6 Å². The highest BCUT2D eigenvalue weighted by Gasteiger charge is 2.21. The Balaban J connectivity index is 1.19. The maximum Gasteiger partial charge on any atom is 0.326 e. The van der Waals surface area contributed by atoms with E-state index < -0.39 is 12.0 Å². The van der Waals surface area contributed by atoms with E-state index in [4.69, 9.17) is 4.98 Å². The van der Waals surface area contributed by atoms with E-state index in [1.165, 1.54) is 11.9 Å². The summed E-state index contributed by atoms with van der Waals surface area (Å²) in [6, 6.07) is 5.63. The molecule has 40 heavy (non-hydrogen) atoms. The van der Waals surface area contributed by atoms with E-state index in [0.29, 0.717) is 29.8 Å². The lowest BCUT2D eigenvalue weighted by Gasteiger charge is -2.25. The molecule has 1 aliphatic rings. The zero-order valence-electron chi connectivity index (χ0n) is 23.2. The Bertz CT molecular complexity index is 1430. The molecule has 1 atom stereocenters. The number of unbranched alkanes of at least 4 members (excludes halogenated alkanes) is 1. The largest absolute Gasteiger partial charge is 0.480 e. The molecular formula is C28H38N10O2. The summed E-state index contributed by atoms with van der Waals surface area (Å²) in [5.41, 5.74) is 5.79. The van der Waals surface area contributed by atoms with E-state index in [-0.39, 0.29) is 0 Å². The van der Waals surface area contributed by atoms with Gasteiger partial charge in [0.25, 0.3) is 0 Å². The highest BCUT2D eigenvalue weighted by Crippen LogP contribution is 2.21. The summed E-state index contributed by atoms with van der Waals surface area (Å²) in [5.74, 6) is 0.562. The second kappa shape index (κ2) is 12.9. The summed E-state index contributed by atoms with van der Waals surface area (Å²) in [6.07, 6.45) is 8.61. The molecule has 1 unspecified atom stereocenters. The number of nitrogens with one attached hydrogen (secondary N) is 3. The predicted octanol–water partition coefficient (Wildman–Crippen LogP) is 3.20. The quantitative estimate of drug-likeness (QED) is 0.174. The molecule has 212 valence electrons. The number of aromatic amines is 1. The zero-order chi connectivity index (χ0) is 27.9. The van der Waals surface area contributed by atoms with Crippen molar-refractivity contribution in [3.05, 3.63) is 53.4 Å². The van der Waals surface area contributed by atoms with Gasteiger partial charge in [0.2, 0.25) is 0 Å². The molecule has 0 bridgehead atoms. The number of pyridine rings is 1. The van der Waals surface area contributed by atoms with Crippen molar-refractivity contribution in [2.24, 2.45) is 0 Å². The molecule has 4 aromatic heterocycles. The monoisotopic (exact) mass is 546 g/mol. The van der Waals surface area contributed by atoms with Crippen molar-refractivity contribution in [1.82, 2.24) is 39.8 Å². The summed E-state index contributed by atoms with van der Waals surface area (Å²) in [7, 11) is 0. The van der Waals surface area contributed by atoms with Crippen LogP contribution in [0.1, 0.15) is 48.3 Å². The van der Waals surface area contributed by atoms with Crippen molar-refractivity contribution in [2.45, 2.75) is 65.0 Å². The molecule has 4 N–H and O–H groups in total. The zero-order valence-corrected chi connectivity index (χ0v) is 23.2. The maximum absolute atomic E-state index is 12.2. The molecule has 5 heterocycles. The van der Waals surface area contributed by atoms with Crippen LogP contribution >= 0.6 is 0 Å². The second-order valence-corrected chi connectivity index (χ2v) is 10.5. The normalized spacial score (nSPS) is 13.8. The van der Waals surface area contributed by atoms with Gasteiger partial charge in [-0.3, -0.25) is 9.78 Å². The molecule has 0 fully saturated rings. The molecule has 5 rings (SSSR count). The fourth-order valence-corrected chi connectivity index (χ4v) is 5.23. The van der Waals surface area contributed by atoms with E-state index in [0.717, 1.165) is 81.2 Å². The number of hydrogen-bond donors (Lipinski definition) is 4. The van der Waals surface area contributed by atoms with Gasteiger partial charge >= 0.3 is 5.97 Å². The van der Waals surface area contributed by atoms with E-state index in [9.17, 15) is 9.90 Å². The van der Waals surface area contributed by atoms with Crippen LogP contribution in [0.3, 0.4) is 0 Å². The summed E-state index contributed by atoms with van der Waals surface area (Å²) >= 11 is 0. The maximum atomic E-state index is 12.2. The third-order valence-electron chi connectivity index (χ3n) is 7.42. The number of nitrogens with zero attached hydrogens (tertiary/aromatic N) is 7. The fourth-order valence-electron chi connectivity index (χ4n) is 5.23. The molecule has 0 amide bonds. The Morgan fingerprint density at radius 3 is 2.92 bits per heavy atom. The Kier molecular flexibility index (Phi) is 8.84. The minimum Gasteiger partial charge on any atom is -0.480 e. The van der Waals surface area contributed by atoms with Gasteiger partial charge in [0.05, 0.1) is 18.4 Å². The molecule has 12 heteroatoms. The third-order valence-corrected chi connectivity index (χ3v) is 7.42. The lowest BCUT2D eigenvalue weighted by molar-refractivity contribution is -0.138. The van der Waals surface area contributed by atoms with Gasteiger partial charge in [-0.15, -0.1) is 0 Å². The van der Waals surface area contributed by atoms with Crippen LogP contribution in [-0.4, -0.2) is 83.1 Å². The number of carboxylic acids is 1. The summed E-state index contributed by atoms with van der Waals surface area (Å²) in [6.45, 7) is 8.08. The molecule has 4 aromatic rings. The molecule has 0 radical (unpaired) electrons. The first-order chi connectivity index (χ1) is 19.5. The number of aromatic nitrogens is 7. The molecule has 0 spiro atoms. The summed E-state index contributed by atoms with van der Waals surface area (Å²) < 4.78 is 2.02. The van der Waals surface area contributed by atoms with Gasteiger partial charge in [0.15, 0.2) is 5.82 Å². The highest BCUT2D eigenvalue weighted by molar-refractivity contribution is 5.87. The number of hydrogen-bond acceptors (Lipinski definition) is 9. The average Bonchev–Trinajstić information content (AvgIpc) is 3.56. The second-order valence-electron chi connectivity index (χ2n) is 10.5. The summed E-state index contributed by atoms with van der Waals surface area (Å²) in [5, 5.41) is 27.9. The number of anilines is 2. The van der Waals surface area contributed by atoms with E-state index in [1.54, 1.807) is 6.20 Å². The molecular weight excluding hydrogens is 508 g/mol. The highest BCUT2D eigenvalue weighted by atomic mass is 16.4. The fraction of sp³-hybridized carbons (Fsp3) is 0.500. The van der Waals surface area contributed by atoms with Crippen LogP contribution in [0.2, 0.25) is 0 Å². The SMILES string of the molecule is Cc1cc(C)n(CCN(CCCCc2ccc3c(n2)NCCC3)CCC(Nc2ncnc3cn[nH]c23)C(=O)O)n1. The number of aliphatic carboxylic acids is 1. The van der Waals surface area contributed by atoms with Gasteiger partial charge in [-0.25, -0.2) is 19.7 Å². The first kappa shape index (κ1) is 27.5. The Morgan fingerprint density at radius 1 is 1.20 bits per heavy atom. The van der Waals surface area contributed by atoms with E-state index >= 15 is 0 Å². The van der Waals surface area contributed by atoms with Crippen molar-refractivity contribution < 1.29 is 9.90 Å². The molecule has 12 nitrogen and oxygen atoms in total. The molecule has 0 aliphatic carbocycles. The molecule has 1 aliphatic heterocycles. The van der Waals surface area contributed by atoms with Crippen LogP contribution in [0.25, 0.3) is 11.0 Å². The molecule has 0 saturated carbocycles. The van der Waals surface area contributed by atoms with Crippen molar-refractivity contribution >= 4 is 28.6 Å². The number of carboxylic acid groups (broad SMARTS) is 1. The third kappa shape index (κ3) is 6.92. The van der Waals surface area contributed by atoms with Crippen molar-refractivity contribution in [2.75, 3.05) is 36.8 Å². The van der Waals surface area contributed by atoms with Crippen molar-refractivity contribution in [3.63, 3.8) is 0 Å². The molecule has 0 aromatic carbocycles. The van der Waals surface area contributed by atoms with Crippen LogP contribution in [0.15, 0.2) is 30.7 Å². The van der Waals surface area contributed by atoms with Crippen molar-refractivity contribution in [1.29, 1.82) is 0 Å². The lowest BCUT2D eigenvalue weighted by atomic mass is 10.1. The minimum absolute atomic E-state index is 0.421. The van der Waals surface area contributed by atoms with Gasteiger partial charge in [-0.1, -0.05) is 6.07 Å². The number of rotatable bonds is 14. The Hall–Kier alpha value is -4.06. The molecule has 0 saturated heterocycles. The topological polar surface area (TPSA) is 150 Å². The standard InChI is InChI=1S/C28H38N10O2/c1-19-16-20(2)38(36-19)15-14-37(12-4-3-7-22-9-8-21-6-5-11-29-26(21)33-22)13-10-23(28(39)40)34-27-25-24(17-32-35-25)30-18-31-27/h8-9,16-18,23H,3-7,10-15H2,1-2H3,(H,29,33)(H,32,35)(H,39,40)(H,30,31,34). The smallest absolute Gasteiger partial charge is 0.326 e. The Labute approximate surface area is 233 Å². The minimum atomic E-state index is -0.920. The van der Waals surface area contributed by atoms with Gasteiger partial charge in [-0.2, -0.15) is 10.2 Å².